The first-order chi connectivity index (χ1) is 14.6. The van der Waals surface area contributed by atoms with Crippen molar-refractivity contribution in [3.63, 3.8) is 0 Å². The summed E-state index contributed by atoms with van der Waals surface area (Å²) in [6.45, 7) is 2.25. The van der Waals surface area contributed by atoms with E-state index in [1.165, 1.54) is 31.3 Å². The van der Waals surface area contributed by atoms with E-state index in [2.05, 4.69) is 10.0 Å². The molecule has 2 N–H and O–H groups in total. The molecule has 2 aromatic rings. The van der Waals surface area contributed by atoms with E-state index in [4.69, 9.17) is 4.74 Å². The minimum absolute atomic E-state index is 0.0551. The Labute approximate surface area is 180 Å². The highest BCUT2D eigenvalue weighted by atomic mass is 32.2. The Morgan fingerprint density at radius 2 is 1.74 bits per heavy atom. The van der Waals surface area contributed by atoms with Crippen LogP contribution in [0.5, 0.6) is 0 Å². The van der Waals surface area contributed by atoms with Gasteiger partial charge in [-0.1, -0.05) is 6.07 Å². The van der Waals surface area contributed by atoms with Gasteiger partial charge in [-0.3, -0.25) is 4.79 Å². The molecule has 0 aromatic heterocycles. The van der Waals surface area contributed by atoms with Crippen molar-refractivity contribution in [2.45, 2.75) is 16.7 Å². The topological polar surface area (TPSA) is 122 Å². The second-order valence-corrected chi connectivity index (χ2v) is 10.6. The van der Waals surface area contributed by atoms with Crippen molar-refractivity contribution < 1.29 is 30.8 Å². The number of nitrogens with one attached hydrogen (secondary N) is 2. The molecule has 1 saturated heterocycles. The summed E-state index contributed by atoms with van der Waals surface area (Å²) < 4.78 is 72.4. The van der Waals surface area contributed by atoms with Crippen LogP contribution in [0, 0.1) is 12.7 Å². The van der Waals surface area contributed by atoms with Crippen LogP contribution in [0.25, 0.3) is 0 Å². The monoisotopic (exact) mass is 471 g/mol. The summed E-state index contributed by atoms with van der Waals surface area (Å²) in [6.07, 6.45) is 0. The zero-order valence-electron chi connectivity index (χ0n) is 16.9. The van der Waals surface area contributed by atoms with E-state index in [1.54, 1.807) is 6.92 Å². The number of sulfonamides is 2. The van der Waals surface area contributed by atoms with Crippen LogP contribution in [0.15, 0.2) is 46.2 Å². The summed E-state index contributed by atoms with van der Waals surface area (Å²) in [6, 6.07) is 7.29. The van der Waals surface area contributed by atoms with E-state index in [9.17, 15) is 26.0 Å². The van der Waals surface area contributed by atoms with Gasteiger partial charge < -0.3 is 10.1 Å². The Balaban J connectivity index is 1.91. The highest BCUT2D eigenvalue weighted by Crippen LogP contribution is 2.25. The molecule has 9 nitrogen and oxygen atoms in total. The van der Waals surface area contributed by atoms with Crippen LogP contribution in [0.2, 0.25) is 0 Å². The molecule has 12 heteroatoms. The van der Waals surface area contributed by atoms with Gasteiger partial charge in [0.2, 0.25) is 20.0 Å². The predicted octanol–water partition coefficient (Wildman–Crippen LogP) is 1.32. The molecule has 2 aromatic carbocycles. The van der Waals surface area contributed by atoms with Gasteiger partial charge in [0.15, 0.2) is 0 Å². The SMILES string of the molecule is CNS(=O)(=O)c1ccc(C)c(C(=O)Nc2ccc(F)c(S(=O)(=O)N3CCOCC3)c2)c1. The fraction of sp³-hybridized carbons (Fsp3) is 0.316. The number of hydrogen-bond donors (Lipinski definition) is 2. The van der Waals surface area contributed by atoms with Gasteiger partial charge in [-0.15, -0.1) is 0 Å². The van der Waals surface area contributed by atoms with Crippen molar-refractivity contribution in [1.29, 1.82) is 0 Å². The molecule has 0 radical (unpaired) electrons. The second-order valence-electron chi connectivity index (χ2n) is 6.80. The normalized spacial score (nSPS) is 15.6. The number of amides is 1. The molecule has 0 spiro atoms. The first-order valence-corrected chi connectivity index (χ1v) is 12.2. The molecule has 0 aliphatic carbocycles. The molecule has 0 saturated carbocycles. The van der Waals surface area contributed by atoms with Crippen LogP contribution in [0.1, 0.15) is 15.9 Å². The quantitative estimate of drug-likeness (QED) is 0.655. The summed E-state index contributed by atoms with van der Waals surface area (Å²) >= 11 is 0. The summed E-state index contributed by atoms with van der Waals surface area (Å²) in [4.78, 5) is 12.1. The van der Waals surface area contributed by atoms with Crippen molar-refractivity contribution >= 4 is 31.6 Å². The molecule has 1 aliphatic heterocycles. The maximum atomic E-state index is 14.3. The van der Waals surface area contributed by atoms with E-state index >= 15 is 0 Å². The fourth-order valence-corrected chi connectivity index (χ4v) is 5.29. The molecule has 1 fully saturated rings. The standard InChI is InChI=1S/C19H22FN3O6S2/c1-13-3-5-15(30(25,26)21-2)12-16(13)19(24)22-14-4-6-17(20)18(11-14)31(27,28)23-7-9-29-10-8-23/h3-6,11-12,21H,7-10H2,1-2H3,(H,22,24). The zero-order chi connectivity index (χ0) is 22.8. The largest absolute Gasteiger partial charge is 0.379 e. The summed E-state index contributed by atoms with van der Waals surface area (Å²) in [5, 5.41) is 2.51. The van der Waals surface area contributed by atoms with Gasteiger partial charge in [0.25, 0.3) is 5.91 Å². The minimum Gasteiger partial charge on any atom is -0.379 e. The number of carbonyl (C=O) groups is 1. The van der Waals surface area contributed by atoms with E-state index in [1.807, 2.05) is 0 Å². The minimum atomic E-state index is -4.11. The van der Waals surface area contributed by atoms with E-state index < -0.39 is 36.7 Å². The van der Waals surface area contributed by atoms with Crippen LogP contribution in [-0.2, 0) is 24.8 Å². The number of benzene rings is 2. The maximum absolute atomic E-state index is 14.3. The lowest BCUT2D eigenvalue weighted by molar-refractivity contribution is 0.0729. The number of anilines is 1. The highest BCUT2D eigenvalue weighted by molar-refractivity contribution is 7.89. The number of hydrogen-bond acceptors (Lipinski definition) is 6. The predicted molar refractivity (Wildman–Crippen MR) is 111 cm³/mol. The molecule has 0 bridgehead atoms. The lowest BCUT2D eigenvalue weighted by Gasteiger charge is -2.26. The van der Waals surface area contributed by atoms with Crippen LogP contribution in [0.3, 0.4) is 0 Å². The Morgan fingerprint density at radius 1 is 1.06 bits per heavy atom. The average molecular weight is 472 g/mol. The van der Waals surface area contributed by atoms with Crippen LogP contribution >= 0.6 is 0 Å². The zero-order valence-corrected chi connectivity index (χ0v) is 18.5. The van der Waals surface area contributed by atoms with Gasteiger partial charge in [-0.05, 0) is 49.9 Å². The molecular formula is C19H22FN3O6S2. The molecule has 1 amide bonds. The van der Waals surface area contributed by atoms with E-state index in [0.717, 1.165) is 16.4 Å². The third-order valence-corrected chi connectivity index (χ3v) is 8.14. The maximum Gasteiger partial charge on any atom is 0.255 e. The van der Waals surface area contributed by atoms with Gasteiger partial charge in [-0.25, -0.2) is 25.9 Å². The van der Waals surface area contributed by atoms with E-state index in [0.29, 0.717) is 5.56 Å². The molecule has 0 atom stereocenters. The van der Waals surface area contributed by atoms with Gasteiger partial charge in [0, 0.05) is 24.3 Å². The smallest absolute Gasteiger partial charge is 0.255 e. The summed E-state index contributed by atoms with van der Waals surface area (Å²) in [5.74, 6) is -1.60. The molecule has 31 heavy (non-hydrogen) atoms. The number of rotatable bonds is 6. The first-order valence-electron chi connectivity index (χ1n) is 9.29. The number of carbonyl (C=O) groups excluding carboxylic acids is 1. The van der Waals surface area contributed by atoms with Gasteiger partial charge in [0.05, 0.1) is 18.1 Å². The van der Waals surface area contributed by atoms with Crippen molar-refractivity contribution in [2.24, 2.45) is 0 Å². The van der Waals surface area contributed by atoms with Gasteiger partial charge >= 0.3 is 0 Å². The van der Waals surface area contributed by atoms with Gasteiger partial charge in [0.1, 0.15) is 10.7 Å². The molecular weight excluding hydrogens is 449 g/mol. The Hall–Kier alpha value is -2.38. The molecule has 1 heterocycles. The lowest BCUT2D eigenvalue weighted by atomic mass is 10.1. The summed E-state index contributed by atoms with van der Waals surface area (Å²) in [5.41, 5.74) is 0.647. The Morgan fingerprint density at radius 3 is 2.39 bits per heavy atom. The van der Waals surface area contributed by atoms with Crippen LogP contribution in [-0.4, -0.2) is 60.4 Å². The number of nitrogens with zero attached hydrogens (tertiary/aromatic N) is 1. The van der Waals surface area contributed by atoms with Crippen molar-refractivity contribution in [3.8, 4) is 0 Å². The highest BCUT2D eigenvalue weighted by Gasteiger charge is 2.29. The van der Waals surface area contributed by atoms with Gasteiger partial charge in [-0.2, -0.15) is 4.31 Å². The third-order valence-electron chi connectivity index (χ3n) is 4.81. The number of ether oxygens (including phenoxy) is 1. The third kappa shape index (κ3) is 4.93. The average Bonchev–Trinajstić information content (AvgIpc) is 2.75. The number of aryl methyl sites for hydroxylation is 1. The van der Waals surface area contributed by atoms with Crippen molar-refractivity contribution in [2.75, 3.05) is 38.7 Å². The van der Waals surface area contributed by atoms with Crippen LogP contribution < -0.4 is 10.0 Å². The fourth-order valence-electron chi connectivity index (χ4n) is 3.03. The molecule has 3 rings (SSSR count). The van der Waals surface area contributed by atoms with Crippen LogP contribution in [0.4, 0.5) is 10.1 Å². The lowest BCUT2D eigenvalue weighted by Crippen LogP contribution is -2.40. The molecule has 0 unspecified atom stereocenters. The van der Waals surface area contributed by atoms with Crippen molar-refractivity contribution in [3.05, 3.63) is 53.3 Å². The number of morpholine rings is 1. The summed E-state index contributed by atoms with van der Waals surface area (Å²) in [7, 11) is -6.62. The van der Waals surface area contributed by atoms with E-state index in [-0.39, 0.29) is 42.4 Å². The molecule has 1 aliphatic rings. The Bertz CT molecular complexity index is 1210. The Kier molecular flexibility index (Phi) is 6.76. The number of halogens is 1. The first kappa shape index (κ1) is 23.3. The van der Waals surface area contributed by atoms with Crippen molar-refractivity contribution in [1.82, 2.24) is 9.03 Å². The second kappa shape index (κ2) is 9.01. The molecule has 168 valence electrons.